The minimum absolute atomic E-state index is 0.154. The zero-order valence-corrected chi connectivity index (χ0v) is 18.1. The number of carbonyl (C=O) groups is 2. The van der Waals surface area contributed by atoms with Gasteiger partial charge in [0, 0.05) is 18.7 Å². The summed E-state index contributed by atoms with van der Waals surface area (Å²) in [5.74, 6) is -0.370. The van der Waals surface area contributed by atoms with E-state index in [4.69, 9.17) is 19.3 Å². The van der Waals surface area contributed by atoms with Gasteiger partial charge in [-0.1, -0.05) is 30.3 Å². The van der Waals surface area contributed by atoms with Gasteiger partial charge in [-0.15, -0.1) is 0 Å². The van der Waals surface area contributed by atoms with Crippen molar-refractivity contribution in [2.45, 2.75) is 18.9 Å². The maximum atomic E-state index is 11.9. The Labute approximate surface area is 182 Å². The summed E-state index contributed by atoms with van der Waals surface area (Å²) < 4.78 is 16.6. The Balaban J connectivity index is 2.01. The molecule has 1 atom stereocenters. The first-order valence-electron chi connectivity index (χ1n) is 9.97. The van der Waals surface area contributed by atoms with Crippen LogP contribution in [0.4, 0.5) is 0 Å². The highest BCUT2D eigenvalue weighted by Gasteiger charge is 2.16. The molecule has 2 aromatic rings. The number of esters is 1. The van der Waals surface area contributed by atoms with Gasteiger partial charge in [-0.3, -0.25) is 0 Å². The lowest BCUT2D eigenvalue weighted by Crippen LogP contribution is -2.34. The second-order valence-corrected chi connectivity index (χ2v) is 7.26. The molecule has 0 spiro atoms. The van der Waals surface area contributed by atoms with Crippen molar-refractivity contribution in [3.05, 3.63) is 71.8 Å². The van der Waals surface area contributed by atoms with E-state index in [1.54, 1.807) is 7.11 Å². The van der Waals surface area contributed by atoms with Crippen molar-refractivity contribution in [1.82, 2.24) is 4.90 Å². The number of likely N-dealkylation sites (N-methyl/N-ethyl adjacent to an activating group) is 1. The molecule has 0 bridgehead atoms. The quantitative estimate of drug-likeness (QED) is 0.412. The van der Waals surface area contributed by atoms with Gasteiger partial charge in [-0.05, 0) is 56.3 Å². The number of methoxy groups -OCH3 is 1. The normalized spacial score (nSPS) is 12.0. The number of carbonyl (C=O) groups excluding carboxylic acids is 1. The molecule has 2 rings (SSSR count). The van der Waals surface area contributed by atoms with Crippen LogP contribution in [-0.2, 0) is 27.2 Å². The summed E-state index contributed by atoms with van der Waals surface area (Å²) in [6.07, 6.45) is 2.71. The topological polar surface area (TPSA) is 85.3 Å². The largest absolute Gasteiger partial charge is 0.497 e. The number of rotatable bonds is 12. The number of carboxylic acids is 1. The first kappa shape index (κ1) is 24.0. The van der Waals surface area contributed by atoms with Crippen molar-refractivity contribution >= 4 is 11.9 Å². The molecule has 0 aliphatic heterocycles. The lowest BCUT2D eigenvalue weighted by atomic mass is 10.0. The first-order valence-corrected chi connectivity index (χ1v) is 9.97. The SMILES string of the molecule is COc1cccc(CCc2ccccc2OC[C@@H](CN(C)C)OC(=O)/C=C/C(=O)O)c1. The van der Waals surface area contributed by atoms with Gasteiger partial charge in [-0.25, -0.2) is 9.59 Å². The Morgan fingerprint density at radius 3 is 2.55 bits per heavy atom. The summed E-state index contributed by atoms with van der Waals surface area (Å²) in [5.41, 5.74) is 2.21. The van der Waals surface area contributed by atoms with Crippen LogP contribution in [0.5, 0.6) is 11.5 Å². The maximum Gasteiger partial charge on any atom is 0.331 e. The number of aryl methyl sites for hydroxylation is 2. The highest BCUT2D eigenvalue weighted by atomic mass is 16.6. The third-order valence-electron chi connectivity index (χ3n) is 4.43. The van der Waals surface area contributed by atoms with Crippen LogP contribution in [0.25, 0.3) is 0 Å². The van der Waals surface area contributed by atoms with Crippen LogP contribution in [0.1, 0.15) is 11.1 Å². The molecule has 31 heavy (non-hydrogen) atoms. The van der Waals surface area contributed by atoms with Crippen LogP contribution >= 0.6 is 0 Å². The highest BCUT2D eigenvalue weighted by molar-refractivity contribution is 5.90. The molecule has 0 saturated heterocycles. The van der Waals surface area contributed by atoms with Crippen LogP contribution in [0.15, 0.2) is 60.7 Å². The van der Waals surface area contributed by atoms with E-state index in [0.29, 0.717) is 6.54 Å². The standard InChI is InChI=1S/C24H29NO6/c1-25(2)16-21(31-24(28)14-13-23(26)27)17-30-22-10-5-4-8-19(22)12-11-18-7-6-9-20(15-18)29-3/h4-10,13-15,21H,11-12,16-17H2,1-3H3,(H,26,27)/b14-13+/t21-/m1/s1. The number of ether oxygens (including phenoxy) is 3. The maximum absolute atomic E-state index is 11.9. The lowest BCUT2D eigenvalue weighted by molar-refractivity contribution is -0.145. The summed E-state index contributed by atoms with van der Waals surface area (Å²) in [6, 6.07) is 15.7. The summed E-state index contributed by atoms with van der Waals surface area (Å²) in [4.78, 5) is 24.3. The average Bonchev–Trinajstić information content (AvgIpc) is 2.75. The van der Waals surface area contributed by atoms with Gasteiger partial charge in [-0.2, -0.15) is 0 Å². The minimum Gasteiger partial charge on any atom is -0.497 e. The van der Waals surface area contributed by atoms with Gasteiger partial charge < -0.3 is 24.2 Å². The molecule has 0 radical (unpaired) electrons. The molecule has 0 unspecified atom stereocenters. The molecular formula is C24H29NO6. The second kappa shape index (κ2) is 12.4. The first-order chi connectivity index (χ1) is 14.9. The van der Waals surface area contributed by atoms with E-state index in [-0.39, 0.29) is 6.61 Å². The van der Waals surface area contributed by atoms with Gasteiger partial charge in [0.05, 0.1) is 7.11 Å². The number of para-hydroxylation sites is 1. The molecule has 2 aromatic carbocycles. The molecule has 0 aliphatic rings. The fourth-order valence-electron chi connectivity index (χ4n) is 3.02. The Hall–Kier alpha value is -3.32. The number of carboxylic acid groups (broad SMARTS) is 1. The van der Waals surface area contributed by atoms with Crippen LogP contribution in [0, 0.1) is 0 Å². The van der Waals surface area contributed by atoms with Crippen molar-refractivity contribution in [1.29, 1.82) is 0 Å². The van der Waals surface area contributed by atoms with E-state index in [9.17, 15) is 9.59 Å². The molecular weight excluding hydrogens is 398 g/mol. The predicted molar refractivity (Wildman–Crippen MR) is 118 cm³/mol. The molecule has 0 aromatic heterocycles. The Bertz CT molecular complexity index is 893. The average molecular weight is 427 g/mol. The number of aliphatic carboxylic acids is 1. The number of hydrogen-bond acceptors (Lipinski definition) is 6. The molecule has 0 aliphatic carbocycles. The fourth-order valence-corrected chi connectivity index (χ4v) is 3.02. The molecule has 0 saturated carbocycles. The number of nitrogens with zero attached hydrogens (tertiary/aromatic N) is 1. The van der Waals surface area contributed by atoms with Gasteiger partial charge >= 0.3 is 11.9 Å². The van der Waals surface area contributed by atoms with E-state index in [1.165, 1.54) is 5.56 Å². The molecule has 1 N–H and O–H groups in total. The number of hydrogen-bond donors (Lipinski definition) is 1. The van der Waals surface area contributed by atoms with Crippen LogP contribution < -0.4 is 9.47 Å². The second-order valence-electron chi connectivity index (χ2n) is 7.26. The summed E-state index contributed by atoms with van der Waals surface area (Å²) in [6.45, 7) is 0.597. The van der Waals surface area contributed by atoms with E-state index < -0.39 is 18.0 Å². The Kier molecular flexibility index (Phi) is 9.58. The molecule has 7 nitrogen and oxygen atoms in total. The van der Waals surface area contributed by atoms with Crippen LogP contribution in [-0.4, -0.2) is 62.4 Å². The van der Waals surface area contributed by atoms with Gasteiger partial charge in [0.1, 0.15) is 24.2 Å². The summed E-state index contributed by atoms with van der Waals surface area (Å²) >= 11 is 0. The van der Waals surface area contributed by atoms with Crippen molar-refractivity contribution in [2.24, 2.45) is 0 Å². The van der Waals surface area contributed by atoms with E-state index in [1.807, 2.05) is 61.5 Å². The van der Waals surface area contributed by atoms with E-state index in [0.717, 1.165) is 42.1 Å². The van der Waals surface area contributed by atoms with E-state index in [2.05, 4.69) is 6.07 Å². The minimum atomic E-state index is -1.21. The Morgan fingerprint density at radius 1 is 1.06 bits per heavy atom. The zero-order valence-electron chi connectivity index (χ0n) is 18.1. The molecule has 0 fully saturated rings. The summed E-state index contributed by atoms with van der Waals surface area (Å²) in [7, 11) is 5.36. The van der Waals surface area contributed by atoms with Crippen LogP contribution in [0.3, 0.4) is 0 Å². The third kappa shape index (κ3) is 8.92. The highest BCUT2D eigenvalue weighted by Crippen LogP contribution is 2.22. The fraction of sp³-hybridized carbons (Fsp3) is 0.333. The molecule has 0 amide bonds. The van der Waals surface area contributed by atoms with Crippen molar-refractivity contribution in [3.8, 4) is 11.5 Å². The van der Waals surface area contributed by atoms with Gasteiger partial charge in [0.15, 0.2) is 0 Å². The van der Waals surface area contributed by atoms with E-state index >= 15 is 0 Å². The smallest absolute Gasteiger partial charge is 0.331 e. The van der Waals surface area contributed by atoms with Gasteiger partial charge in [0.2, 0.25) is 0 Å². The van der Waals surface area contributed by atoms with Crippen molar-refractivity contribution < 1.29 is 28.9 Å². The molecule has 7 heteroatoms. The summed E-state index contributed by atoms with van der Waals surface area (Å²) in [5, 5.41) is 8.65. The molecule has 166 valence electrons. The zero-order chi connectivity index (χ0) is 22.6. The van der Waals surface area contributed by atoms with Gasteiger partial charge in [0.25, 0.3) is 0 Å². The third-order valence-corrected chi connectivity index (χ3v) is 4.43. The van der Waals surface area contributed by atoms with Crippen LogP contribution in [0.2, 0.25) is 0 Å². The Morgan fingerprint density at radius 2 is 1.84 bits per heavy atom. The predicted octanol–water partition coefficient (Wildman–Crippen LogP) is 2.97. The van der Waals surface area contributed by atoms with Crippen molar-refractivity contribution in [3.63, 3.8) is 0 Å². The molecule has 0 heterocycles. The lowest BCUT2D eigenvalue weighted by Gasteiger charge is -2.22. The number of benzene rings is 2. The van der Waals surface area contributed by atoms with Crippen molar-refractivity contribution in [2.75, 3.05) is 34.4 Å². The monoisotopic (exact) mass is 427 g/mol.